The molecule has 1 aromatic carbocycles. The third kappa shape index (κ3) is 3.59. The first-order valence-corrected chi connectivity index (χ1v) is 8.12. The SMILES string of the molecule is O=C(CCN1C(=O)Cc2ccccc2C1=O)NN1CCCCC1. The molecule has 0 unspecified atom stereocenters. The van der Waals surface area contributed by atoms with E-state index < -0.39 is 0 Å². The number of hydrazine groups is 1. The molecule has 3 rings (SSSR count). The van der Waals surface area contributed by atoms with Gasteiger partial charge in [0.05, 0.1) is 6.42 Å². The van der Waals surface area contributed by atoms with Crippen LogP contribution in [0.4, 0.5) is 0 Å². The van der Waals surface area contributed by atoms with E-state index in [4.69, 9.17) is 0 Å². The van der Waals surface area contributed by atoms with Crippen LogP contribution >= 0.6 is 0 Å². The molecule has 2 aliphatic rings. The minimum Gasteiger partial charge on any atom is -0.289 e. The summed E-state index contributed by atoms with van der Waals surface area (Å²) in [6.07, 6.45) is 3.72. The van der Waals surface area contributed by atoms with Crippen molar-refractivity contribution in [3.05, 3.63) is 35.4 Å². The summed E-state index contributed by atoms with van der Waals surface area (Å²) in [7, 11) is 0. The number of hydrogen-bond acceptors (Lipinski definition) is 4. The number of imide groups is 1. The Morgan fingerprint density at radius 3 is 2.61 bits per heavy atom. The van der Waals surface area contributed by atoms with Crippen molar-refractivity contribution in [2.75, 3.05) is 19.6 Å². The molecule has 0 aromatic heterocycles. The van der Waals surface area contributed by atoms with Gasteiger partial charge < -0.3 is 0 Å². The number of hydrogen-bond donors (Lipinski definition) is 1. The summed E-state index contributed by atoms with van der Waals surface area (Å²) in [4.78, 5) is 37.7. The summed E-state index contributed by atoms with van der Waals surface area (Å²) < 4.78 is 0. The van der Waals surface area contributed by atoms with Gasteiger partial charge in [0.2, 0.25) is 11.8 Å². The maximum Gasteiger partial charge on any atom is 0.260 e. The van der Waals surface area contributed by atoms with Gasteiger partial charge in [-0.2, -0.15) is 0 Å². The molecule has 1 fully saturated rings. The molecular weight excluding hydrogens is 294 g/mol. The van der Waals surface area contributed by atoms with Gasteiger partial charge in [-0.3, -0.25) is 24.7 Å². The predicted molar refractivity (Wildman–Crippen MR) is 84.4 cm³/mol. The standard InChI is InChI=1S/C17H21N3O3/c21-15(18-19-9-4-1-5-10-19)8-11-20-16(22)12-13-6-2-3-7-14(13)17(20)23/h2-3,6-7H,1,4-5,8-12H2,(H,18,21). The summed E-state index contributed by atoms with van der Waals surface area (Å²) in [6, 6.07) is 7.13. The first kappa shape index (κ1) is 15.7. The van der Waals surface area contributed by atoms with Crippen LogP contribution in [0.15, 0.2) is 24.3 Å². The number of fused-ring (bicyclic) bond motifs is 1. The highest BCUT2D eigenvalue weighted by atomic mass is 16.2. The van der Waals surface area contributed by atoms with E-state index in [-0.39, 0.29) is 37.1 Å². The minimum atomic E-state index is -0.303. The fourth-order valence-corrected chi connectivity index (χ4v) is 3.08. The summed E-state index contributed by atoms with van der Waals surface area (Å²) in [6.45, 7) is 1.85. The Bertz CT molecular complexity index is 623. The first-order valence-electron chi connectivity index (χ1n) is 8.12. The highest BCUT2D eigenvalue weighted by Crippen LogP contribution is 2.19. The fourth-order valence-electron chi connectivity index (χ4n) is 3.08. The van der Waals surface area contributed by atoms with E-state index in [9.17, 15) is 14.4 Å². The average molecular weight is 315 g/mol. The third-order valence-corrected chi connectivity index (χ3v) is 4.34. The molecule has 6 heteroatoms. The number of carbonyl (C=O) groups is 3. The smallest absolute Gasteiger partial charge is 0.260 e. The molecule has 0 radical (unpaired) electrons. The van der Waals surface area contributed by atoms with E-state index in [1.54, 1.807) is 18.2 Å². The molecule has 6 nitrogen and oxygen atoms in total. The lowest BCUT2D eigenvalue weighted by atomic mass is 9.98. The molecule has 122 valence electrons. The second-order valence-corrected chi connectivity index (χ2v) is 6.02. The minimum absolute atomic E-state index is 0.131. The number of amides is 3. The number of rotatable bonds is 4. The van der Waals surface area contributed by atoms with Crippen molar-refractivity contribution < 1.29 is 14.4 Å². The second kappa shape index (κ2) is 6.91. The van der Waals surface area contributed by atoms with E-state index in [0.717, 1.165) is 31.5 Å². The molecule has 1 saturated heterocycles. The van der Waals surface area contributed by atoms with Gasteiger partial charge >= 0.3 is 0 Å². The molecule has 3 amide bonds. The van der Waals surface area contributed by atoms with Crippen molar-refractivity contribution in [2.45, 2.75) is 32.1 Å². The Hall–Kier alpha value is -2.21. The molecular formula is C17H21N3O3. The molecule has 1 N–H and O–H groups in total. The number of nitrogens with zero attached hydrogens (tertiary/aromatic N) is 2. The molecule has 0 atom stereocenters. The Balaban J connectivity index is 1.56. The maximum atomic E-state index is 12.4. The van der Waals surface area contributed by atoms with Crippen molar-refractivity contribution >= 4 is 17.7 Å². The van der Waals surface area contributed by atoms with Gasteiger partial charge in [-0.25, -0.2) is 5.01 Å². The fraction of sp³-hybridized carbons (Fsp3) is 0.471. The van der Waals surface area contributed by atoms with Crippen LogP contribution in [-0.4, -0.2) is 47.3 Å². The zero-order valence-electron chi connectivity index (χ0n) is 13.1. The molecule has 23 heavy (non-hydrogen) atoms. The van der Waals surface area contributed by atoms with Crippen LogP contribution in [0.2, 0.25) is 0 Å². The van der Waals surface area contributed by atoms with Crippen molar-refractivity contribution in [1.29, 1.82) is 0 Å². The van der Waals surface area contributed by atoms with Crippen molar-refractivity contribution in [2.24, 2.45) is 0 Å². The van der Waals surface area contributed by atoms with Crippen LogP contribution in [-0.2, 0) is 16.0 Å². The molecule has 2 heterocycles. The number of nitrogens with one attached hydrogen (secondary N) is 1. The van der Waals surface area contributed by atoms with E-state index >= 15 is 0 Å². The molecule has 1 aromatic rings. The number of benzene rings is 1. The zero-order valence-corrected chi connectivity index (χ0v) is 13.1. The summed E-state index contributed by atoms with van der Waals surface area (Å²) in [5.41, 5.74) is 4.17. The second-order valence-electron chi connectivity index (χ2n) is 6.02. The highest BCUT2D eigenvalue weighted by Gasteiger charge is 2.30. The van der Waals surface area contributed by atoms with Crippen molar-refractivity contribution in [3.8, 4) is 0 Å². The van der Waals surface area contributed by atoms with Crippen LogP contribution in [0.5, 0.6) is 0 Å². The topological polar surface area (TPSA) is 69.7 Å². The molecule has 0 bridgehead atoms. The Morgan fingerprint density at radius 1 is 1.09 bits per heavy atom. The average Bonchev–Trinajstić information content (AvgIpc) is 2.55. The van der Waals surface area contributed by atoms with Gasteiger partial charge in [-0.15, -0.1) is 0 Å². The Kier molecular flexibility index (Phi) is 4.71. The molecule has 0 aliphatic carbocycles. The quantitative estimate of drug-likeness (QED) is 0.845. The molecule has 0 saturated carbocycles. The Morgan fingerprint density at radius 2 is 1.83 bits per heavy atom. The van der Waals surface area contributed by atoms with Gasteiger partial charge in [0.1, 0.15) is 0 Å². The van der Waals surface area contributed by atoms with Gasteiger partial charge in [0.15, 0.2) is 0 Å². The summed E-state index contributed by atoms with van der Waals surface area (Å²) in [5, 5.41) is 1.92. The lowest BCUT2D eigenvalue weighted by molar-refractivity contribution is -0.130. The predicted octanol–water partition coefficient (Wildman–Crippen LogP) is 1.12. The van der Waals surface area contributed by atoms with Crippen LogP contribution in [0, 0.1) is 0 Å². The lowest BCUT2D eigenvalue weighted by Crippen LogP contribution is -2.47. The van der Waals surface area contributed by atoms with Crippen LogP contribution in [0.3, 0.4) is 0 Å². The van der Waals surface area contributed by atoms with Gasteiger partial charge in [0.25, 0.3) is 5.91 Å². The summed E-state index contributed by atoms with van der Waals surface area (Å²) >= 11 is 0. The van der Waals surface area contributed by atoms with Crippen molar-refractivity contribution in [3.63, 3.8) is 0 Å². The van der Waals surface area contributed by atoms with Gasteiger partial charge in [0, 0.05) is 31.6 Å². The largest absolute Gasteiger partial charge is 0.289 e. The maximum absolute atomic E-state index is 12.4. The third-order valence-electron chi connectivity index (χ3n) is 4.34. The number of carbonyl (C=O) groups excluding carboxylic acids is 3. The van der Waals surface area contributed by atoms with Crippen LogP contribution in [0.1, 0.15) is 41.6 Å². The van der Waals surface area contributed by atoms with E-state index in [0.29, 0.717) is 5.56 Å². The van der Waals surface area contributed by atoms with E-state index in [1.807, 2.05) is 11.1 Å². The van der Waals surface area contributed by atoms with E-state index in [1.165, 1.54) is 11.3 Å². The van der Waals surface area contributed by atoms with Crippen LogP contribution < -0.4 is 5.43 Å². The van der Waals surface area contributed by atoms with E-state index in [2.05, 4.69) is 5.43 Å². The van der Waals surface area contributed by atoms with Gasteiger partial charge in [-0.05, 0) is 24.5 Å². The van der Waals surface area contributed by atoms with Crippen LogP contribution in [0.25, 0.3) is 0 Å². The number of piperidine rings is 1. The zero-order chi connectivity index (χ0) is 16.2. The van der Waals surface area contributed by atoms with Crippen molar-refractivity contribution in [1.82, 2.24) is 15.3 Å². The molecule has 2 aliphatic heterocycles. The Labute approximate surface area is 135 Å². The molecule has 0 spiro atoms. The first-order chi connectivity index (χ1) is 11.1. The normalized spacial score (nSPS) is 18.7. The van der Waals surface area contributed by atoms with Gasteiger partial charge in [-0.1, -0.05) is 24.6 Å². The summed E-state index contributed by atoms with van der Waals surface area (Å²) in [5.74, 6) is -0.687. The highest BCUT2D eigenvalue weighted by molar-refractivity contribution is 6.09. The lowest BCUT2D eigenvalue weighted by Gasteiger charge is -2.28. The monoisotopic (exact) mass is 315 g/mol.